The molecule has 0 heterocycles. The Balaban J connectivity index is 2.21. The molecule has 0 atom stereocenters. The van der Waals surface area contributed by atoms with Crippen LogP contribution in [0.4, 0.5) is 0 Å². The Kier molecular flexibility index (Phi) is 5.46. The number of hydrogen-bond donors (Lipinski definition) is 0. The van der Waals surface area contributed by atoms with Crippen molar-refractivity contribution in [3.05, 3.63) is 74.2 Å². The van der Waals surface area contributed by atoms with Crippen molar-refractivity contribution >= 4 is 46.7 Å². The minimum absolute atomic E-state index is 0.181. The van der Waals surface area contributed by atoms with Gasteiger partial charge in [-0.3, -0.25) is 4.79 Å². The summed E-state index contributed by atoms with van der Waals surface area (Å²) in [6, 6.07) is 11.2. The molecule has 0 bridgehead atoms. The first-order chi connectivity index (χ1) is 10.0. The molecule has 2 aromatic carbocycles. The Hall–Kier alpha value is -1.28. The average molecular weight is 340 g/mol. The summed E-state index contributed by atoms with van der Waals surface area (Å²) in [5, 5.41) is 0.711. The lowest BCUT2D eigenvalue weighted by molar-refractivity contribution is 0.104. The standard InChI is InChI=1S/C17H13Cl3O/c1-2-11-3-5-12(6-4-11)7-10-15(21)13-8-9-14(18)17(20)16(13)19/h3-10H,2H2,1H3/b10-7+. The first kappa shape index (κ1) is 16.1. The molecule has 4 heteroatoms. The summed E-state index contributed by atoms with van der Waals surface area (Å²) in [5.41, 5.74) is 2.55. The van der Waals surface area contributed by atoms with E-state index in [-0.39, 0.29) is 15.8 Å². The number of hydrogen-bond acceptors (Lipinski definition) is 1. The first-order valence-electron chi connectivity index (χ1n) is 6.47. The van der Waals surface area contributed by atoms with Gasteiger partial charge in [0.25, 0.3) is 0 Å². The molecule has 0 N–H and O–H groups in total. The molecular formula is C17H13Cl3O. The van der Waals surface area contributed by atoms with E-state index in [2.05, 4.69) is 6.92 Å². The Morgan fingerprint density at radius 2 is 1.67 bits per heavy atom. The van der Waals surface area contributed by atoms with Crippen LogP contribution in [0.25, 0.3) is 6.08 Å². The highest BCUT2D eigenvalue weighted by atomic mass is 35.5. The number of rotatable bonds is 4. The predicted octanol–water partition coefficient (Wildman–Crippen LogP) is 6.11. The summed E-state index contributed by atoms with van der Waals surface area (Å²) in [5.74, 6) is -0.210. The van der Waals surface area contributed by atoms with Gasteiger partial charge in [0.1, 0.15) is 0 Å². The molecular weight excluding hydrogens is 327 g/mol. The summed E-state index contributed by atoms with van der Waals surface area (Å²) in [6.45, 7) is 2.10. The van der Waals surface area contributed by atoms with Crippen molar-refractivity contribution in [1.29, 1.82) is 0 Å². The summed E-state index contributed by atoms with van der Waals surface area (Å²) in [6.07, 6.45) is 4.22. The van der Waals surface area contributed by atoms with Crippen LogP contribution in [0.3, 0.4) is 0 Å². The third kappa shape index (κ3) is 3.88. The lowest BCUT2D eigenvalue weighted by atomic mass is 10.1. The van der Waals surface area contributed by atoms with Crippen LogP contribution in [0.5, 0.6) is 0 Å². The van der Waals surface area contributed by atoms with Gasteiger partial charge >= 0.3 is 0 Å². The molecule has 0 aliphatic heterocycles. The third-order valence-electron chi connectivity index (χ3n) is 3.12. The number of allylic oxidation sites excluding steroid dienone is 1. The van der Waals surface area contributed by atoms with Crippen LogP contribution in [0.2, 0.25) is 15.1 Å². The van der Waals surface area contributed by atoms with E-state index in [9.17, 15) is 4.79 Å². The molecule has 108 valence electrons. The number of benzene rings is 2. The highest BCUT2D eigenvalue weighted by Crippen LogP contribution is 2.33. The SMILES string of the molecule is CCc1ccc(/C=C/C(=O)c2ccc(Cl)c(Cl)c2Cl)cc1. The van der Waals surface area contributed by atoms with E-state index in [1.165, 1.54) is 11.6 Å². The van der Waals surface area contributed by atoms with Crippen molar-refractivity contribution in [3.8, 4) is 0 Å². The van der Waals surface area contributed by atoms with Gasteiger partial charge in [0, 0.05) is 5.56 Å². The van der Waals surface area contributed by atoms with Crippen molar-refractivity contribution in [2.75, 3.05) is 0 Å². The van der Waals surface area contributed by atoms with Crippen molar-refractivity contribution in [2.45, 2.75) is 13.3 Å². The molecule has 0 saturated carbocycles. The molecule has 0 aromatic heterocycles. The fourth-order valence-corrected chi connectivity index (χ4v) is 2.47. The predicted molar refractivity (Wildman–Crippen MR) is 90.7 cm³/mol. The van der Waals surface area contributed by atoms with Crippen LogP contribution < -0.4 is 0 Å². The summed E-state index contributed by atoms with van der Waals surface area (Å²) < 4.78 is 0. The molecule has 2 aromatic rings. The van der Waals surface area contributed by atoms with E-state index < -0.39 is 0 Å². The normalized spacial score (nSPS) is 11.0. The maximum Gasteiger partial charge on any atom is 0.187 e. The van der Waals surface area contributed by atoms with E-state index in [4.69, 9.17) is 34.8 Å². The third-order valence-corrected chi connectivity index (χ3v) is 4.41. The largest absolute Gasteiger partial charge is 0.289 e. The number of carbonyl (C=O) groups excluding carboxylic acids is 1. The Bertz CT molecular complexity index is 688. The minimum Gasteiger partial charge on any atom is -0.289 e. The van der Waals surface area contributed by atoms with Gasteiger partial charge < -0.3 is 0 Å². The van der Waals surface area contributed by atoms with E-state index in [0.717, 1.165) is 12.0 Å². The fourth-order valence-electron chi connectivity index (χ4n) is 1.84. The molecule has 0 amide bonds. The zero-order chi connectivity index (χ0) is 15.4. The monoisotopic (exact) mass is 338 g/mol. The summed E-state index contributed by atoms with van der Waals surface area (Å²) in [7, 11) is 0. The topological polar surface area (TPSA) is 17.1 Å². The quantitative estimate of drug-likeness (QED) is 0.373. The fraction of sp³-hybridized carbons (Fsp3) is 0.118. The highest BCUT2D eigenvalue weighted by molar-refractivity contribution is 6.49. The molecule has 0 saturated heterocycles. The van der Waals surface area contributed by atoms with Crippen LogP contribution in [0, 0.1) is 0 Å². The van der Waals surface area contributed by atoms with Gasteiger partial charge in [-0.1, -0.05) is 72.1 Å². The van der Waals surface area contributed by atoms with Crippen LogP contribution in [-0.2, 0) is 6.42 Å². The van der Waals surface area contributed by atoms with Gasteiger partial charge in [-0.15, -0.1) is 0 Å². The van der Waals surface area contributed by atoms with Crippen LogP contribution >= 0.6 is 34.8 Å². The highest BCUT2D eigenvalue weighted by Gasteiger charge is 2.12. The van der Waals surface area contributed by atoms with E-state index >= 15 is 0 Å². The zero-order valence-electron chi connectivity index (χ0n) is 11.4. The van der Waals surface area contributed by atoms with E-state index in [0.29, 0.717) is 10.6 Å². The van der Waals surface area contributed by atoms with Gasteiger partial charge in [-0.2, -0.15) is 0 Å². The van der Waals surface area contributed by atoms with Gasteiger partial charge in [0.2, 0.25) is 0 Å². The van der Waals surface area contributed by atoms with Crippen LogP contribution in [-0.4, -0.2) is 5.78 Å². The Morgan fingerprint density at radius 3 is 2.29 bits per heavy atom. The molecule has 0 spiro atoms. The first-order valence-corrected chi connectivity index (χ1v) is 7.61. The summed E-state index contributed by atoms with van der Waals surface area (Å²) in [4.78, 5) is 12.2. The van der Waals surface area contributed by atoms with Gasteiger partial charge in [-0.25, -0.2) is 0 Å². The number of ketones is 1. The van der Waals surface area contributed by atoms with Gasteiger partial charge in [-0.05, 0) is 35.8 Å². The Labute approximate surface area is 139 Å². The maximum absolute atomic E-state index is 12.2. The molecule has 21 heavy (non-hydrogen) atoms. The maximum atomic E-state index is 12.2. The number of halogens is 3. The van der Waals surface area contributed by atoms with E-state index in [1.807, 2.05) is 24.3 Å². The molecule has 0 radical (unpaired) electrons. The minimum atomic E-state index is -0.210. The van der Waals surface area contributed by atoms with Gasteiger partial charge in [0.15, 0.2) is 5.78 Å². The van der Waals surface area contributed by atoms with Gasteiger partial charge in [0.05, 0.1) is 15.1 Å². The smallest absolute Gasteiger partial charge is 0.187 e. The molecule has 0 fully saturated rings. The molecule has 2 rings (SSSR count). The van der Waals surface area contributed by atoms with Crippen molar-refractivity contribution in [2.24, 2.45) is 0 Å². The van der Waals surface area contributed by atoms with Crippen molar-refractivity contribution in [3.63, 3.8) is 0 Å². The molecule has 0 unspecified atom stereocenters. The van der Waals surface area contributed by atoms with Crippen molar-refractivity contribution in [1.82, 2.24) is 0 Å². The average Bonchev–Trinajstić information content (AvgIpc) is 2.51. The summed E-state index contributed by atoms with van der Waals surface area (Å²) >= 11 is 17.8. The zero-order valence-corrected chi connectivity index (χ0v) is 13.6. The molecule has 0 aliphatic rings. The van der Waals surface area contributed by atoms with Crippen molar-refractivity contribution < 1.29 is 4.79 Å². The second-order valence-corrected chi connectivity index (χ2v) is 5.68. The molecule has 1 nitrogen and oxygen atoms in total. The number of carbonyl (C=O) groups is 1. The second kappa shape index (κ2) is 7.13. The lowest BCUT2D eigenvalue weighted by Gasteiger charge is -2.04. The number of aryl methyl sites for hydroxylation is 1. The van der Waals surface area contributed by atoms with E-state index in [1.54, 1.807) is 18.2 Å². The van der Waals surface area contributed by atoms with Crippen LogP contribution in [0.1, 0.15) is 28.4 Å². The Morgan fingerprint density at radius 1 is 1.00 bits per heavy atom. The second-order valence-electron chi connectivity index (χ2n) is 4.52. The molecule has 0 aliphatic carbocycles. The van der Waals surface area contributed by atoms with Crippen LogP contribution in [0.15, 0.2) is 42.5 Å². The lowest BCUT2D eigenvalue weighted by Crippen LogP contribution is -1.96.